The van der Waals surface area contributed by atoms with Gasteiger partial charge in [-0.15, -0.1) is 0 Å². The second-order valence-electron chi connectivity index (χ2n) is 6.83. The fourth-order valence-electron chi connectivity index (χ4n) is 4.32. The van der Waals surface area contributed by atoms with Gasteiger partial charge < -0.3 is 0 Å². The van der Waals surface area contributed by atoms with Crippen molar-refractivity contribution in [3.8, 4) is 0 Å². The Labute approximate surface area is 145 Å². The summed E-state index contributed by atoms with van der Waals surface area (Å²) in [5.74, 6) is -1.48. The Hall–Kier alpha value is -2.29. The first-order chi connectivity index (χ1) is 12.1. The van der Waals surface area contributed by atoms with Gasteiger partial charge >= 0.3 is 0 Å². The van der Waals surface area contributed by atoms with Crippen molar-refractivity contribution in [2.45, 2.75) is 32.1 Å². The predicted molar refractivity (Wildman–Crippen MR) is 94.2 cm³/mol. The topological polar surface area (TPSA) is 0 Å². The van der Waals surface area contributed by atoms with Gasteiger partial charge in [0.25, 0.3) is 0 Å². The molecule has 25 heavy (non-hydrogen) atoms. The number of hydrogen-bond acceptors (Lipinski definition) is 0. The normalized spacial score (nSPS) is 19.8. The van der Waals surface area contributed by atoms with Gasteiger partial charge in [-0.25, -0.2) is 13.2 Å². The zero-order valence-electron chi connectivity index (χ0n) is 14.0. The average molecular weight is 340 g/mol. The predicted octanol–water partition coefficient (Wildman–Crippen LogP) is 6.36. The molecule has 0 unspecified atom stereocenters. The van der Waals surface area contributed by atoms with Crippen molar-refractivity contribution in [3.63, 3.8) is 0 Å². The quantitative estimate of drug-likeness (QED) is 0.509. The molecule has 1 aliphatic rings. The molecular weight excluding hydrogens is 321 g/mol. The Morgan fingerprint density at radius 3 is 2.48 bits per heavy atom. The van der Waals surface area contributed by atoms with E-state index in [0.717, 1.165) is 41.3 Å². The second-order valence-corrected chi connectivity index (χ2v) is 6.83. The first-order valence-corrected chi connectivity index (χ1v) is 8.75. The minimum Gasteiger partial charge on any atom is -0.206 e. The maximum atomic E-state index is 14.1. The molecule has 0 amide bonds. The lowest BCUT2D eigenvalue weighted by molar-refractivity contribution is 0.396. The van der Waals surface area contributed by atoms with E-state index in [1.165, 1.54) is 18.2 Å². The van der Waals surface area contributed by atoms with E-state index in [4.69, 9.17) is 0 Å². The van der Waals surface area contributed by atoms with E-state index in [2.05, 4.69) is 6.92 Å². The molecule has 128 valence electrons. The molecular formula is C22H19F3. The Balaban J connectivity index is 1.93. The maximum absolute atomic E-state index is 14.1. The zero-order chi connectivity index (χ0) is 17.6. The Morgan fingerprint density at radius 1 is 0.880 bits per heavy atom. The van der Waals surface area contributed by atoms with Crippen LogP contribution < -0.4 is 0 Å². The van der Waals surface area contributed by atoms with Crippen molar-refractivity contribution in [1.29, 1.82) is 0 Å². The van der Waals surface area contributed by atoms with Crippen LogP contribution in [0.3, 0.4) is 0 Å². The molecule has 1 aliphatic carbocycles. The van der Waals surface area contributed by atoms with Gasteiger partial charge in [0.1, 0.15) is 5.82 Å². The van der Waals surface area contributed by atoms with Crippen molar-refractivity contribution < 1.29 is 13.2 Å². The third kappa shape index (κ3) is 2.62. The Bertz CT molecular complexity index is 945. The summed E-state index contributed by atoms with van der Waals surface area (Å²) in [4.78, 5) is 0. The first-order valence-electron chi connectivity index (χ1n) is 8.75. The number of benzene rings is 3. The molecule has 3 aromatic rings. The van der Waals surface area contributed by atoms with Crippen molar-refractivity contribution in [3.05, 3.63) is 82.7 Å². The third-order valence-electron chi connectivity index (χ3n) is 5.55. The number of fused-ring (bicyclic) bond motifs is 3. The van der Waals surface area contributed by atoms with Gasteiger partial charge in [-0.2, -0.15) is 0 Å². The van der Waals surface area contributed by atoms with Crippen LogP contribution in [-0.4, -0.2) is 0 Å². The number of hydrogen-bond donors (Lipinski definition) is 0. The summed E-state index contributed by atoms with van der Waals surface area (Å²) in [5.41, 5.74) is 3.04. The lowest BCUT2D eigenvalue weighted by atomic mass is 9.70. The standard InChI is InChI=1S/C22H19F3/c1-2-13-6-8-16-15-4-3-5-19(23)17(15)9-10-18(16)22(13)14-7-11-20(24)21(25)12-14/h3-5,7,9-13,22H,2,6,8H2,1H3/t13-,22-/m1/s1. The van der Waals surface area contributed by atoms with Gasteiger partial charge in [0.2, 0.25) is 0 Å². The molecule has 0 aliphatic heterocycles. The molecule has 0 aromatic heterocycles. The van der Waals surface area contributed by atoms with Crippen molar-refractivity contribution in [2.24, 2.45) is 5.92 Å². The number of rotatable bonds is 2. The molecule has 0 radical (unpaired) electrons. The molecule has 0 spiro atoms. The monoisotopic (exact) mass is 340 g/mol. The molecule has 4 rings (SSSR count). The van der Waals surface area contributed by atoms with Gasteiger partial charge in [0.05, 0.1) is 0 Å². The van der Waals surface area contributed by atoms with Crippen LogP contribution in [0.2, 0.25) is 0 Å². The van der Waals surface area contributed by atoms with Gasteiger partial charge in [0.15, 0.2) is 11.6 Å². The Morgan fingerprint density at radius 2 is 1.72 bits per heavy atom. The van der Waals surface area contributed by atoms with Crippen LogP contribution in [0, 0.1) is 23.4 Å². The van der Waals surface area contributed by atoms with E-state index < -0.39 is 11.6 Å². The summed E-state index contributed by atoms with van der Waals surface area (Å²) in [6, 6.07) is 13.1. The van der Waals surface area contributed by atoms with Gasteiger partial charge in [0, 0.05) is 11.3 Å². The summed E-state index contributed by atoms with van der Waals surface area (Å²) >= 11 is 0. The molecule has 0 nitrogen and oxygen atoms in total. The minimum absolute atomic E-state index is 0.0107. The van der Waals surface area contributed by atoms with Crippen molar-refractivity contribution >= 4 is 10.8 Å². The van der Waals surface area contributed by atoms with Crippen LogP contribution in [-0.2, 0) is 6.42 Å². The van der Waals surface area contributed by atoms with E-state index in [9.17, 15) is 13.2 Å². The van der Waals surface area contributed by atoms with E-state index in [1.807, 2.05) is 18.2 Å². The van der Waals surface area contributed by atoms with Crippen LogP contribution in [0.5, 0.6) is 0 Å². The molecule has 0 saturated carbocycles. The molecule has 0 fully saturated rings. The second kappa shape index (κ2) is 6.21. The van der Waals surface area contributed by atoms with Crippen molar-refractivity contribution in [1.82, 2.24) is 0 Å². The van der Waals surface area contributed by atoms with Crippen LogP contribution >= 0.6 is 0 Å². The van der Waals surface area contributed by atoms with Crippen LogP contribution in [0.15, 0.2) is 48.5 Å². The third-order valence-corrected chi connectivity index (χ3v) is 5.55. The fourth-order valence-corrected chi connectivity index (χ4v) is 4.32. The van der Waals surface area contributed by atoms with Crippen LogP contribution in [0.25, 0.3) is 10.8 Å². The van der Waals surface area contributed by atoms with E-state index in [0.29, 0.717) is 11.3 Å². The number of halogens is 3. The van der Waals surface area contributed by atoms with Gasteiger partial charge in [-0.1, -0.05) is 43.7 Å². The van der Waals surface area contributed by atoms with Crippen LogP contribution in [0.1, 0.15) is 42.4 Å². The highest BCUT2D eigenvalue weighted by molar-refractivity contribution is 5.88. The molecule has 0 N–H and O–H groups in total. The summed E-state index contributed by atoms with van der Waals surface area (Å²) in [6.45, 7) is 2.13. The molecule has 3 heteroatoms. The highest BCUT2D eigenvalue weighted by Crippen LogP contribution is 2.44. The van der Waals surface area contributed by atoms with Gasteiger partial charge in [-0.3, -0.25) is 0 Å². The molecule has 0 bridgehead atoms. The molecule has 3 aromatic carbocycles. The average Bonchev–Trinajstić information content (AvgIpc) is 2.63. The SMILES string of the molecule is CC[C@@H]1CCc2c(ccc3c(F)cccc23)[C@H]1c1ccc(F)c(F)c1. The van der Waals surface area contributed by atoms with Crippen LogP contribution in [0.4, 0.5) is 13.2 Å². The summed E-state index contributed by atoms with van der Waals surface area (Å²) < 4.78 is 41.3. The summed E-state index contributed by atoms with van der Waals surface area (Å²) in [5, 5.41) is 1.56. The molecule has 0 heterocycles. The maximum Gasteiger partial charge on any atom is 0.159 e. The Kier molecular flexibility index (Phi) is 4.03. The minimum atomic E-state index is -0.826. The zero-order valence-corrected chi connectivity index (χ0v) is 14.0. The smallest absolute Gasteiger partial charge is 0.159 e. The summed E-state index contributed by atoms with van der Waals surface area (Å²) in [7, 11) is 0. The largest absolute Gasteiger partial charge is 0.206 e. The fraction of sp³-hybridized carbons (Fsp3) is 0.273. The van der Waals surface area contributed by atoms with E-state index >= 15 is 0 Å². The highest BCUT2D eigenvalue weighted by Gasteiger charge is 2.31. The molecule has 2 atom stereocenters. The van der Waals surface area contributed by atoms with Crippen molar-refractivity contribution in [2.75, 3.05) is 0 Å². The first kappa shape index (κ1) is 16.2. The van der Waals surface area contributed by atoms with Gasteiger partial charge in [-0.05, 0) is 59.0 Å². The molecule has 0 saturated heterocycles. The van der Waals surface area contributed by atoms with E-state index in [1.54, 1.807) is 12.1 Å². The lowest BCUT2D eigenvalue weighted by Gasteiger charge is -2.34. The summed E-state index contributed by atoms with van der Waals surface area (Å²) in [6.07, 6.45) is 2.81. The lowest BCUT2D eigenvalue weighted by Crippen LogP contribution is -2.22. The highest BCUT2D eigenvalue weighted by atomic mass is 19.2. The van der Waals surface area contributed by atoms with E-state index in [-0.39, 0.29) is 11.7 Å². The number of aryl methyl sites for hydroxylation is 1.